The third-order valence-electron chi connectivity index (χ3n) is 3.62. The summed E-state index contributed by atoms with van der Waals surface area (Å²) >= 11 is 6.01. The summed E-state index contributed by atoms with van der Waals surface area (Å²) in [6, 6.07) is 7.49. The average molecular weight is 311 g/mol. The third kappa shape index (κ3) is 4.35. The summed E-state index contributed by atoms with van der Waals surface area (Å²) in [5.74, 6) is 0.232. The maximum atomic E-state index is 12.1. The smallest absolute Gasteiger partial charge is 0.410 e. The van der Waals surface area contributed by atoms with E-state index in [2.05, 4.69) is 0 Å². The molecule has 1 aromatic carbocycles. The molecule has 2 rings (SSSR count). The molecule has 2 unspecified atom stereocenters. The zero-order chi connectivity index (χ0) is 15.6. The van der Waals surface area contributed by atoms with Gasteiger partial charge in [-0.25, -0.2) is 4.79 Å². The Morgan fingerprint density at radius 1 is 1.48 bits per heavy atom. The molecule has 116 valence electrons. The van der Waals surface area contributed by atoms with Crippen molar-refractivity contribution >= 4 is 17.7 Å². The van der Waals surface area contributed by atoms with Gasteiger partial charge in [-0.2, -0.15) is 0 Å². The van der Waals surface area contributed by atoms with E-state index >= 15 is 0 Å². The number of halogens is 1. The Morgan fingerprint density at radius 2 is 2.19 bits per heavy atom. The van der Waals surface area contributed by atoms with Gasteiger partial charge in [-0.05, 0) is 50.8 Å². The van der Waals surface area contributed by atoms with Crippen molar-refractivity contribution in [3.63, 3.8) is 0 Å². The molecule has 1 amide bonds. The van der Waals surface area contributed by atoms with Crippen molar-refractivity contribution in [2.45, 2.75) is 38.8 Å². The molecule has 1 aliphatic heterocycles. The standard InChI is InChI=1S/C16H23ClN2O2/c1-16(2,3)21-15(20)19-8-7-12(10-19)14(18)11-5-4-6-13(17)9-11/h4-6,9,12,14H,7-8,10,18H2,1-3H3. The fraction of sp³-hybridized carbons (Fsp3) is 0.562. The highest BCUT2D eigenvalue weighted by Gasteiger charge is 2.33. The average Bonchev–Trinajstić information content (AvgIpc) is 2.85. The lowest BCUT2D eigenvalue weighted by atomic mass is 9.93. The first kappa shape index (κ1) is 16.1. The molecule has 2 atom stereocenters. The topological polar surface area (TPSA) is 55.6 Å². The van der Waals surface area contributed by atoms with Gasteiger partial charge in [0.15, 0.2) is 0 Å². The minimum absolute atomic E-state index is 0.115. The van der Waals surface area contributed by atoms with Crippen LogP contribution in [0.25, 0.3) is 0 Å². The van der Waals surface area contributed by atoms with E-state index < -0.39 is 5.60 Å². The van der Waals surface area contributed by atoms with Crippen molar-refractivity contribution < 1.29 is 9.53 Å². The monoisotopic (exact) mass is 310 g/mol. The van der Waals surface area contributed by atoms with Gasteiger partial charge in [-0.1, -0.05) is 23.7 Å². The Bertz CT molecular complexity index is 513. The van der Waals surface area contributed by atoms with Gasteiger partial charge in [0.2, 0.25) is 0 Å². The number of carbonyl (C=O) groups excluding carboxylic acids is 1. The molecular formula is C16H23ClN2O2. The summed E-state index contributed by atoms with van der Waals surface area (Å²) in [5, 5.41) is 0.685. The second-order valence-electron chi connectivity index (χ2n) is 6.56. The van der Waals surface area contributed by atoms with E-state index in [4.69, 9.17) is 22.1 Å². The third-order valence-corrected chi connectivity index (χ3v) is 3.85. The van der Waals surface area contributed by atoms with Crippen LogP contribution in [0.4, 0.5) is 4.79 Å². The molecular weight excluding hydrogens is 288 g/mol. The molecule has 0 bridgehead atoms. The first-order chi connectivity index (χ1) is 9.76. The van der Waals surface area contributed by atoms with Crippen molar-refractivity contribution in [2.24, 2.45) is 11.7 Å². The number of amides is 1. The normalized spacial score (nSPS) is 20.4. The second kappa shape index (κ2) is 6.24. The van der Waals surface area contributed by atoms with Crippen LogP contribution in [0.2, 0.25) is 5.02 Å². The maximum absolute atomic E-state index is 12.1. The molecule has 0 aliphatic carbocycles. The van der Waals surface area contributed by atoms with E-state index in [0.717, 1.165) is 12.0 Å². The van der Waals surface area contributed by atoms with Gasteiger partial charge in [0.25, 0.3) is 0 Å². The molecule has 2 N–H and O–H groups in total. The van der Waals surface area contributed by atoms with Crippen LogP contribution in [0.3, 0.4) is 0 Å². The van der Waals surface area contributed by atoms with Gasteiger partial charge in [-0.3, -0.25) is 0 Å². The number of hydrogen-bond acceptors (Lipinski definition) is 3. The number of benzene rings is 1. The molecule has 1 saturated heterocycles. The Labute approximate surface area is 131 Å². The van der Waals surface area contributed by atoms with Crippen LogP contribution in [0.5, 0.6) is 0 Å². The van der Waals surface area contributed by atoms with Crippen molar-refractivity contribution in [1.82, 2.24) is 4.90 Å². The second-order valence-corrected chi connectivity index (χ2v) is 6.99. The molecule has 0 aromatic heterocycles. The van der Waals surface area contributed by atoms with Gasteiger partial charge >= 0.3 is 6.09 Å². The van der Waals surface area contributed by atoms with Gasteiger partial charge in [-0.15, -0.1) is 0 Å². The van der Waals surface area contributed by atoms with E-state index in [9.17, 15) is 4.79 Å². The van der Waals surface area contributed by atoms with E-state index in [1.54, 1.807) is 4.90 Å². The van der Waals surface area contributed by atoms with Gasteiger partial charge in [0, 0.05) is 24.2 Å². The van der Waals surface area contributed by atoms with Crippen LogP contribution in [0, 0.1) is 5.92 Å². The van der Waals surface area contributed by atoms with Gasteiger partial charge in [0.05, 0.1) is 0 Å². The van der Waals surface area contributed by atoms with Gasteiger partial charge < -0.3 is 15.4 Å². The Hall–Kier alpha value is -1.26. The first-order valence-corrected chi connectivity index (χ1v) is 7.63. The highest BCUT2D eigenvalue weighted by atomic mass is 35.5. The minimum Gasteiger partial charge on any atom is -0.444 e. The van der Waals surface area contributed by atoms with Crippen LogP contribution in [0.1, 0.15) is 38.8 Å². The molecule has 1 aromatic rings. The summed E-state index contributed by atoms with van der Waals surface area (Å²) in [4.78, 5) is 13.8. The highest BCUT2D eigenvalue weighted by Crippen LogP contribution is 2.30. The Kier molecular flexibility index (Phi) is 4.79. The fourth-order valence-electron chi connectivity index (χ4n) is 2.56. The van der Waals surface area contributed by atoms with Crippen molar-refractivity contribution in [3.05, 3.63) is 34.9 Å². The quantitative estimate of drug-likeness (QED) is 0.908. The van der Waals surface area contributed by atoms with E-state index in [-0.39, 0.29) is 18.1 Å². The molecule has 1 fully saturated rings. The number of ether oxygens (including phenoxy) is 1. The summed E-state index contributed by atoms with van der Waals surface area (Å²) in [7, 11) is 0. The fourth-order valence-corrected chi connectivity index (χ4v) is 2.76. The van der Waals surface area contributed by atoms with Crippen LogP contribution in [0.15, 0.2) is 24.3 Å². The molecule has 4 nitrogen and oxygen atoms in total. The van der Waals surface area contributed by atoms with Crippen LogP contribution in [-0.4, -0.2) is 29.7 Å². The van der Waals surface area contributed by atoms with Crippen LogP contribution in [-0.2, 0) is 4.74 Å². The maximum Gasteiger partial charge on any atom is 0.410 e. The zero-order valence-corrected chi connectivity index (χ0v) is 13.6. The molecule has 0 spiro atoms. The lowest BCUT2D eigenvalue weighted by Gasteiger charge is -2.25. The Morgan fingerprint density at radius 3 is 2.81 bits per heavy atom. The Balaban J connectivity index is 1.97. The number of nitrogens with zero attached hydrogens (tertiary/aromatic N) is 1. The van der Waals surface area contributed by atoms with Gasteiger partial charge in [0.1, 0.15) is 5.60 Å². The molecule has 1 aliphatic rings. The lowest BCUT2D eigenvalue weighted by molar-refractivity contribution is 0.0286. The summed E-state index contributed by atoms with van der Waals surface area (Å²) in [5.41, 5.74) is 6.87. The van der Waals surface area contributed by atoms with E-state index in [1.165, 1.54) is 0 Å². The number of nitrogens with two attached hydrogens (primary N) is 1. The summed E-state index contributed by atoms with van der Waals surface area (Å²) in [6.07, 6.45) is 0.621. The zero-order valence-electron chi connectivity index (χ0n) is 12.8. The largest absolute Gasteiger partial charge is 0.444 e. The van der Waals surface area contributed by atoms with Crippen LogP contribution < -0.4 is 5.73 Å². The molecule has 1 heterocycles. The predicted molar refractivity (Wildman–Crippen MR) is 84.3 cm³/mol. The van der Waals surface area contributed by atoms with Crippen molar-refractivity contribution in [1.29, 1.82) is 0 Å². The number of hydrogen-bond donors (Lipinski definition) is 1. The van der Waals surface area contributed by atoms with E-state index in [0.29, 0.717) is 18.1 Å². The first-order valence-electron chi connectivity index (χ1n) is 7.25. The van der Waals surface area contributed by atoms with Crippen molar-refractivity contribution in [2.75, 3.05) is 13.1 Å². The SMILES string of the molecule is CC(C)(C)OC(=O)N1CCC(C(N)c2cccc(Cl)c2)C1. The highest BCUT2D eigenvalue weighted by molar-refractivity contribution is 6.30. The predicted octanol–water partition coefficient (Wildman–Crippen LogP) is 3.60. The molecule has 21 heavy (non-hydrogen) atoms. The number of carbonyl (C=O) groups is 1. The number of likely N-dealkylation sites (tertiary alicyclic amines) is 1. The molecule has 0 saturated carbocycles. The molecule has 0 radical (unpaired) electrons. The summed E-state index contributed by atoms with van der Waals surface area (Å²) in [6.45, 7) is 6.93. The van der Waals surface area contributed by atoms with Crippen molar-refractivity contribution in [3.8, 4) is 0 Å². The van der Waals surface area contributed by atoms with Crippen LogP contribution >= 0.6 is 11.6 Å². The molecule has 5 heteroatoms. The minimum atomic E-state index is -0.468. The van der Waals surface area contributed by atoms with E-state index in [1.807, 2.05) is 45.0 Å². The number of rotatable bonds is 2. The lowest BCUT2D eigenvalue weighted by Crippen LogP contribution is -2.36. The summed E-state index contributed by atoms with van der Waals surface area (Å²) < 4.78 is 5.40.